The highest BCUT2D eigenvalue weighted by Crippen LogP contribution is 2.12. The van der Waals surface area contributed by atoms with Crippen molar-refractivity contribution in [2.45, 2.75) is 110 Å². The van der Waals surface area contributed by atoms with Gasteiger partial charge in [0.1, 0.15) is 6.61 Å². The molecule has 0 bridgehead atoms. The Labute approximate surface area is 184 Å². The van der Waals surface area contributed by atoms with Crippen molar-refractivity contribution in [1.29, 1.82) is 0 Å². The summed E-state index contributed by atoms with van der Waals surface area (Å²) in [7, 11) is 0. The minimum Gasteiger partial charge on any atom is -0.481 e. The van der Waals surface area contributed by atoms with Gasteiger partial charge in [0.05, 0.1) is 6.61 Å². The van der Waals surface area contributed by atoms with Crippen LogP contribution in [0.15, 0.2) is 24.3 Å². The van der Waals surface area contributed by atoms with E-state index >= 15 is 0 Å². The fourth-order valence-electron chi connectivity index (χ4n) is 3.47. The zero-order chi connectivity index (χ0) is 21.7. The van der Waals surface area contributed by atoms with E-state index in [-0.39, 0.29) is 6.42 Å². The molecular weight excluding hydrogens is 372 g/mol. The number of ether oxygens (including phenoxy) is 1. The van der Waals surface area contributed by atoms with Gasteiger partial charge in [-0.15, -0.1) is 5.92 Å². The van der Waals surface area contributed by atoms with Crippen molar-refractivity contribution in [2.24, 2.45) is 0 Å². The summed E-state index contributed by atoms with van der Waals surface area (Å²) in [6.07, 6.45) is 18.2. The Balaban J connectivity index is 1.90. The summed E-state index contributed by atoms with van der Waals surface area (Å²) in [5.74, 6) is 5.56. The van der Waals surface area contributed by atoms with Crippen LogP contribution in [-0.4, -0.2) is 17.7 Å². The molecule has 0 aliphatic carbocycles. The molecule has 1 aromatic carbocycles. The van der Waals surface area contributed by atoms with Crippen molar-refractivity contribution in [1.82, 2.24) is 0 Å². The van der Waals surface area contributed by atoms with Gasteiger partial charge in [-0.05, 0) is 24.0 Å². The van der Waals surface area contributed by atoms with E-state index in [1.807, 2.05) is 24.3 Å². The Bertz CT molecular complexity index is 595. The van der Waals surface area contributed by atoms with Gasteiger partial charge in [0.15, 0.2) is 0 Å². The summed E-state index contributed by atoms with van der Waals surface area (Å²) in [6, 6.07) is 7.94. The van der Waals surface area contributed by atoms with E-state index < -0.39 is 5.97 Å². The van der Waals surface area contributed by atoms with Gasteiger partial charge in [-0.3, -0.25) is 4.79 Å². The van der Waals surface area contributed by atoms with Crippen molar-refractivity contribution in [3.8, 4) is 11.8 Å². The monoisotopic (exact) mass is 414 g/mol. The Morgan fingerprint density at radius 2 is 1.33 bits per heavy atom. The first-order valence-corrected chi connectivity index (χ1v) is 12.1. The van der Waals surface area contributed by atoms with Crippen LogP contribution in [0.1, 0.15) is 108 Å². The highest BCUT2D eigenvalue weighted by atomic mass is 16.5. The zero-order valence-electron chi connectivity index (χ0n) is 19.1. The van der Waals surface area contributed by atoms with Crippen LogP contribution in [0.4, 0.5) is 0 Å². The fourth-order valence-corrected chi connectivity index (χ4v) is 3.47. The van der Waals surface area contributed by atoms with Crippen LogP contribution < -0.4 is 0 Å². The van der Waals surface area contributed by atoms with Gasteiger partial charge in [-0.1, -0.05) is 108 Å². The third-order valence-electron chi connectivity index (χ3n) is 5.37. The number of aliphatic carboxylic acids is 1. The number of carboxylic acid groups (broad SMARTS) is 1. The maximum Gasteiger partial charge on any atom is 0.303 e. The van der Waals surface area contributed by atoms with E-state index in [0.717, 1.165) is 17.5 Å². The molecular formula is C27H42O3. The molecule has 0 amide bonds. The lowest BCUT2D eigenvalue weighted by atomic mass is 10.0. The highest BCUT2D eigenvalue weighted by Gasteiger charge is 1.99. The topological polar surface area (TPSA) is 46.5 Å². The molecule has 0 radical (unpaired) electrons. The first-order valence-electron chi connectivity index (χ1n) is 12.1. The molecule has 0 unspecified atom stereocenters. The van der Waals surface area contributed by atoms with E-state index in [0.29, 0.717) is 19.6 Å². The van der Waals surface area contributed by atoms with Crippen LogP contribution in [-0.2, 0) is 22.6 Å². The Kier molecular flexibility index (Phi) is 16.8. The number of benzene rings is 1. The summed E-state index contributed by atoms with van der Waals surface area (Å²) >= 11 is 0. The second-order valence-electron chi connectivity index (χ2n) is 8.20. The lowest BCUT2D eigenvalue weighted by Gasteiger charge is -2.03. The molecule has 0 fully saturated rings. The first-order chi connectivity index (χ1) is 14.7. The summed E-state index contributed by atoms with van der Waals surface area (Å²) in [5.41, 5.74) is 2.14. The van der Waals surface area contributed by atoms with E-state index in [1.165, 1.54) is 77.0 Å². The third kappa shape index (κ3) is 16.1. The second-order valence-corrected chi connectivity index (χ2v) is 8.20. The number of hydrogen-bond acceptors (Lipinski definition) is 2. The number of unbranched alkanes of at least 4 members (excludes halogenated alkanes) is 12. The van der Waals surface area contributed by atoms with Gasteiger partial charge in [-0.2, -0.15) is 0 Å². The van der Waals surface area contributed by atoms with Crippen molar-refractivity contribution >= 4 is 5.97 Å². The number of carboxylic acids is 1. The van der Waals surface area contributed by atoms with E-state index in [4.69, 9.17) is 9.84 Å². The van der Waals surface area contributed by atoms with Crippen molar-refractivity contribution in [2.75, 3.05) is 6.61 Å². The predicted molar refractivity (Wildman–Crippen MR) is 126 cm³/mol. The smallest absolute Gasteiger partial charge is 0.303 e. The third-order valence-corrected chi connectivity index (χ3v) is 5.37. The van der Waals surface area contributed by atoms with Gasteiger partial charge >= 0.3 is 5.97 Å². The fraction of sp³-hybridized carbons (Fsp3) is 0.667. The molecule has 0 atom stereocenters. The highest BCUT2D eigenvalue weighted by molar-refractivity contribution is 5.67. The van der Waals surface area contributed by atoms with E-state index in [2.05, 4.69) is 18.8 Å². The SMILES string of the molecule is CCCCCCCCCCCCCCC#CCOCc1ccc(CCC(=O)O)cc1. The number of carbonyl (C=O) groups is 1. The van der Waals surface area contributed by atoms with Crippen LogP contribution in [0.25, 0.3) is 0 Å². The van der Waals surface area contributed by atoms with Crippen LogP contribution in [0.2, 0.25) is 0 Å². The molecule has 3 nitrogen and oxygen atoms in total. The quantitative estimate of drug-likeness (QED) is 0.202. The Morgan fingerprint density at radius 1 is 0.800 bits per heavy atom. The van der Waals surface area contributed by atoms with Crippen LogP contribution >= 0.6 is 0 Å². The Morgan fingerprint density at radius 3 is 1.90 bits per heavy atom. The Hall–Kier alpha value is -1.79. The van der Waals surface area contributed by atoms with Gasteiger partial charge in [0, 0.05) is 12.8 Å². The van der Waals surface area contributed by atoms with Gasteiger partial charge < -0.3 is 9.84 Å². The molecule has 0 saturated heterocycles. The van der Waals surface area contributed by atoms with Gasteiger partial charge in [0.25, 0.3) is 0 Å². The van der Waals surface area contributed by atoms with E-state index in [9.17, 15) is 4.79 Å². The summed E-state index contributed by atoms with van der Waals surface area (Å²) < 4.78 is 5.60. The molecule has 0 spiro atoms. The normalized spacial score (nSPS) is 10.6. The first kappa shape index (κ1) is 26.2. The van der Waals surface area contributed by atoms with Crippen LogP contribution in [0.3, 0.4) is 0 Å². The number of rotatable bonds is 18. The molecule has 30 heavy (non-hydrogen) atoms. The molecule has 1 aromatic rings. The minimum absolute atomic E-state index is 0.171. The molecule has 1 rings (SSSR count). The lowest BCUT2D eigenvalue weighted by Crippen LogP contribution is -1.98. The molecule has 3 heteroatoms. The van der Waals surface area contributed by atoms with Gasteiger partial charge in [0.2, 0.25) is 0 Å². The van der Waals surface area contributed by atoms with Crippen LogP contribution in [0, 0.1) is 11.8 Å². The molecule has 0 aromatic heterocycles. The molecule has 0 saturated carbocycles. The average Bonchev–Trinajstić information content (AvgIpc) is 2.75. The lowest BCUT2D eigenvalue weighted by molar-refractivity contribution is -0.136. The minimum atomic E-state index is -0.760. The van der Waals surface area contributed by atoms with Crippen molar-refractivity contribution in [3.63, 3.8) is 0 Å². The summed E-state index contributed by atoms with van der Waals surface area (Å²) in [4.78, 5) is 10.6. The number of aryl methyl sites for hydroxylation is 1. The van der Waals surface area contributed by atoms with Crippen molar-refractivity contribution < 1.29 is 14.6 Å². The number of hydrogen-bond donors (Lipinski definition) is 1. The molecule has 1 N–H and O–H groups in total. The summed E-state index contributed by atoms with van der Waals surface area (Å²) in [5, 5.41) is 8.71. The molecule has 0 aliphatic heterocycles. The molecule has 0 aliphatic rings. The average molecular weight is 415 g/mol. The predicted octanol–water partition coefficient (Wildman–Crippen LogP) is 7.32. The van der Waals surface area contributed by atoms with Crippen molar-refractivity contribution in [3.05, 3.63) is 35.4 Å². The van der Waals surface area contributed by atoms with Crippen LogP contribution in [0.5, 0.6) is 0 Å². The largest absolute Gasteiger partial charge is 0.481 e. The standard InChI is InChI=1S/C27H42O3/c1-2-3-4-5-6-7-8-9-10-11-12-13-14-15-16-23-30-24-26-19-17-25(18-20-26)21-22-27(28)29/h17-20H,2-14,21-24H2,1H3,(H,28,29). The molecule has 0 heterocycles. The summed E-state index contributed by atoms with van der Waals surface area (Å²) in [6.45, 7) is 3.29. The van der Waals surface area contributed by atoms with Gasteiger partial charge in [-0.25, -0.2) is 0 Å². The van der Waals surface area contributed by atoms with E-state index in [1.54, 1.807) is 0 Å². The molecule has 168 valence electrons. The maximum absolute atomic E-state index is 10.6. The zero-order valence-corrected chi connectivity index (χ0v) is 19.1. The maximum atomic E-state index is 10.6. The second kappa shape index (κ2) is 19.2.